The Kier molecular flexibility index (Phi) is 2.54. The third-order valence-corrected chi connectivity index (χ3v) is 4.11. The van der Waals surface area contributed by atoms with Crippen LogP contribution in [0.5, 0.6) is 0 Å². The Labute approximate surface area is 96.9 Å². The molecule has 1 aromatic rings. The van der Waals surface area contributed by atoms with Gasteiger partial charge in [0.25, 0.3) is 0 Å². The molecule has 16 heavy (non-hydrogen) atoms. The van der Waals surface area contributed by atoms with Crippen LogP contribution in [-0.2, 0) is 6.42 Å². The standard InChI is InChI=1S/C13H19N3/c1-2-10-6-14-13(15-7-10)16-8-11-4-3-5-12(11)9-16/h6-7,11-12H,2-5,8-9H2,1H3. The van der Waals surface area contributed by atoms with E-state index in [0.717, 1.165) is 24.2 Å². The van der Waals surface area contributed by atoms with E-state index >= 15 is 0 Å². The van der Waals surface area contributed by atoms with Crippen molar-refractivity contribution < 1.29 is 0 Å². The van der Waals surface area contributed by atoms with Crippen LogP contribution < -0.4 is 4.90 Å². The molecule has 86 valence electrons. The number of hydrogen-bond acceptors (Lipinski definition) is 3. The SMILES string of the molecule is CCc1cnc(N2CC3CCCC3C2)nc1. The molecule has 2 heterocycles. The van der Waals surface area contributed by atoms with Gasteiger partial charge in [-0.05, 0) is 36.7 Å². The Balaban J connectivity index is 1.73. The van der Waals surface area contributed by atoms with Crippen molar-refractivity contribution >= 4 is 5.95 Å². The smallest absolute Gasteiger partial charge is 0.225 e. The van der Waals surface area contributed by atoms with Crippen LogP contribution in [0.3, 0.4) is 0 Å². The first-order valence-electron chi connectivity index (χ1n) is 6.42. The fourth-order valence-corrected chi connectivity index (χ4v) is 3.09. The van der Waals surface area contributed by atoms with Crippen LogP contribution in [0.1, 0.15) is 31.7 Å². The molecule has 2 aliphatic rings. The van der Waals surface area contributed by atoms with E-state index in [0.29, 0.717) is 0 Å². The number of hydrogen-bond donors (Lipinski definition) is 0. The maximum Gasteiger partial charge on any atom is 0.225 e. The Hall–Kier alpha value is -1.12. The molecule has 0 N–H and O–H groups in total. The lowest BCUT2D eigenvalue weighted by Gasteiger charge is -2.16. The topological polar surface area (TPSA) is 29.0 Å². The van der Waals surface area contributed by atoms with Crippen molar-refractivity contribution in [1.82, 2.24) is 9.97 Å². The summed E-state index contributed by atoms with van der Waals surface area (Å²) in [6, 6.07) is 0. The summed E-state index contributed by atoms with van der Waals surface area (Å²) in [6.45, 7) is 4.49. The predicted molar refractivity (Wildman–Crippen MR) is 64.5 cm³/mol. The summed E-state index contributed by atoms with van der Waals surface area (Å²) in [5, 5.41) is 0. The summed E-state index contributed by atoms with van der Waals surface area (Å²) < 4.78 is 0. The summed E-state index contributed by atoms with van der Waals surface area (Å²) >= 11 is 0. The van der Waals surface area contributed by atoms with Gasteiger partial charge in [-0.3, -0.25) is 0 Å². The van der Waals surface area contributed by atoms with Gasteiger partial charge < -0.3 is 4.90 Å². The van der Waals surface area contributed by atoms with Crippen LogP contribution in [0.4, 0.5) is 5.95 Å². The molecule has 0 spiro atoms. The Morgan fingerprint density at radius 1 is 1.19 bits per heavy atom. The predicted octanol–water partition coefficient (Wildman–Crippen LogP) is 2.28. The zero-order valence-corrected chi connectivity index (χ0v) is 9.89. The lowest BCUT2D eigenvalue weighted by molar-refractivity contribution is 0.494. The molecule has 1 aromatic heterocycles. The molecule has 0 radical (unpaired) electrons. The van der Waals surface area contributed by atoms with Crippen molar-refractivity contribution in [3.63, 3.8) is 0 Å². The molecule has 2 fully saturated rings. The summed E-state index contributed by atoms with van der Waals surface area (Å²) in [5.41, 5.74) is 1.23. The molecule has 1 aliphatic heterocycles. The lowest BCUT2D eigenvalue weighted by atomic mass is 10.0. The molecule has 3 nitrogen and oxygen atoms in total. The number of fused-ring (bicyclic) bond motifs is 1. The van der Waals surface area contributed by atoms with Gasteiger partial charge in [0.2, 0.25) is 5.95 Å². The van der Waals surface area contributed by atoms with Gasteiger partial charge in [0.05, 0.1) is 0 Å². The van der Waals surface area contributed by atoms with E-state index in [2.05, 4.69) is 21.8 Å². The average Bonchev–Trinajstić information content (AvgIpc) is 2.89. The molecule has 0 amide bonds. The molecule has 3 rings (SSSR count). The molecule has 0 bridgehead atoms. The largest absolute Gasteiger partial charge is 0.340 e. The van der Waals surface area contributed by atoms with Crippen molar-refractivity contribution in [2.75, 3.05) is 18.0 Å². The highest BCUT2D eigenvalue weighted by atomic mass is 15.3. The Morgan fingerprint density at radius 3 is 2.38 bits per heavy atom. The van der Waals surface area contributed by atoms with E-state index in [1.165, 1.54) is 37.9 Å². The van der Waals surface area contributed by atoms with Gasteiger partial charge in [-0.2, -0.15) is 0 Å². The van der Waals surface area contributed by atoms with Crippen molar-refractivity contribution in [3.05, 3.63) is 18.0 Å². The quantitative estimate of drug-likeness (QED) is 0.761. The van der Waals surface area contributed by atoms with Crippen molar-refractivity contribution in [2.24, 2.45) is 11.8 Å². The van der Waals surface area contributed by atoms with Gasteiger partial charge in [0.15, 0.2) is 0 Å². The third kappa shape index (κ3) is 1.68. The highest BCUT2D eigenvalue weighted by Gasteiger charge is 2.36. The van der Waals surface area contributed by atoms with Crippen molar-refractivity contribution in [1.29, 1.82) is 0 Å². The van der Waals surface area contributed by atoms with E-state index < -0.39 is 0 Å². The highest BCUT2D eigenvalue weighted by molar-refractivity contribution is 5.32. The Morgan fingerprint density at radius 2 is 1.81 bits per heavy atom. The average molecular weight is 217 g/mol. The third-order valence-electron chi connectivity index (χ3n) is 4.11. The monoisotopic (exact) mass is 217 g/mol. The minimum absolute atomic E-state index is 0.912. The molecule has 1 saturated carbocycles. The maximum atomic E-state index is 4.47. The maximum absolute atomic E-state index is 4.47. The number of anilines is 1. The van der Waals surface area contributed by atoms with Gasteiger partial charge in [0.1, 0.15) is 0 Å². The van der Waals surface area contributed by atoms with Crippen LogP contribution >= 0.6 is 0 Å². The van der Waals surface area contributed by atoms with Crippen molar-refractivity contribution in [3.8, 4) is 0 Å². The van der Waals surface area contributed by atoms with E-state index in [-0.39, 0.29) is 0 Å². The van der Waals surface area contributed by atoms with Crippen LogP contribution in [0.2, 0.25) is 0 Å². The highest BCUT2D eigenvalue weighted by Crippen LogP contribution is 2.38. The summed E-state index contributed by atoms with van der Waals surface area (Å²) in [4.78, 5) is 11.3. The first-order chi connectivity index (χ1) is 7.86. The second-order valence-corrected chi connectivity index (χ2v) is 5.10. The molecular formula is C13H19N3. The minimum atomic E-state index is 0.912. The second-order valence-electron chi connectivity index (χ2n) is 5.10. The van der Waals surface area contributed by atoms with Gasteiger partial charge in [-0.25, -0.2) is 9.97 Å². The summed E-state index contributed by atoms with van der Waals surface area (Å²) in [5.74, 6) is 2.76. The van der Waals surface area contributed by atoms with Gasteiger partial charge in [-0.1, -0.05) is 13.3 Å². The summed E-state index contributed by atoms with van der Waals surface area (Å²) in [6.07, 6.45) is 9.21. The fourth-order valence-electron chi connectivity index (χ4n) is 3.09. The molecule has 1 aliphatic carbocycles. The van der Waals surface area contributed by atoms with E-state index in [1.807, 2.05) is 12.4 Å². The first kappa shape index (κ1) is 10.1. The number of aromatic nitrogens is 2. The Bertz CT molecular complexity index is 348. The first-order valence-corrected chi connectivity index (χ1v) is 6.42. The van der Waals surface area contributed by atoms with E-state index in [4.69, 9.17) is 0 Å². The normalized spacial score (nSPS) is 28.4. The van der Waals surface area contributed by atoms with E-state index in [1.54, 1.807) is 0 Å². The van der Waals surface area contributed by atoms with E-state index in [9.17, 15) is 0 Å². The molecule has 2 unspecified atom stereocenters. The molecule has 0 aromatic carbocycles. The fraction of sp³-hybridized carbons (Fsp3) is 0.692. The molecule has 1 saturated heterocycles. The van der Waals surface area contributed by atoms with Gasteiger partial charge in [0, 0.05) is 25.5 Å². The summed E-state index contributed by atoms with van der Waals surface area (Å²) in [7, 11) is 0. The lowest BCUT2D eigenvalue weighted by Crippen LogP contribution is -2.23. The zero-order chi connectivity index (χ0) is 11.0. The number of rotatable bonds is 2. The number of aryl methyl sites for hydroxylation is 1. The van der Waals surface area contributed by atoms with Crippen LogP contribution in [-0.4, -0.2) is 23.1 Å². The van der Waals surface area contributed by atoms with Gasteiger partial charge in [-0.15, -0.1) is 0 Å². The van der Waals surface area contributed by atoms with Crippen LogP contribution in [0.15, 0.2) is 12.4 Å². The van der Waals surface area contributed by atoms with Gasteiger partial charge >= 0.3 is 0 Å². The molecule has 2 atom stereocenters. The second kappa shape index (κ2) is 4.04. The minimum Gasteiger partial charge on any atom is -0.340 e. The molecule has 3 heteroatoms. The zero-order valence-electron chi connectivity index (χ0n) is 9.89. The van der Waals surface area contributed by atoms with Crippen LogP contribution in [0, 0.1) is 11.8 Å². The van der Waals surface area contributed by atoms with Crippen LogP contribution in [0.25, 0.3) is 0 Å². The molecular weight excluding hydrogens is 198 g/mol. The van der Waals surface area contributed by atoms with Crippen molar-refractivity contribution in [2.45, 2.75) is 32.6 Å². The number of nitrogens with zero attached hydrogens (tertiary/aromatic N) is 3.